The molecule has 7 heteroatoms. The van der Waals surface area contributed by atoms with Gasteiger partial charge in [-0.25, -0.2) is 0 Å². The minimum Gasteiger partial charge on any atom is -0.490 e. The smallest absolute Gasteiger partial charge is 0.270 e. The molecule has 2 amide bonds. The number of thiocarbonyl (C=S) groups is 1. The molecule has 0 saturated carbocycles. The highest BCUT2D eigenvalue weighted by Gasteiger charge is 2.41. The van der Waals surface area contributed by atoms with Gasteiger partial charge in [0.25, 0.3) is 11.8 Å². The quantitative estimate of drug-likeness (QED) is 0.111. The first-order valence-corrected chi connectivity index (χ1v) is 15.9. The van der Waals surface area contributed by atoms with Crippen molar-refractivity contribution < 1.29 is 19.1 Å². The fourth-order valence-electron chi connectivity index (χ4n) is 5.67. The largest absolute Gasteiger partial charge is 0.490 e. The van der Waals surface area contributed by atoms with Gasteiger partial charge in [0, 0.05) is 0 Å². The number of ether oxygens (including phenoxy) is 2. The number of carbonyl (C=O) groups excluding carboxylic acids is 2. The van der Waals surface area contributed by atoms with E-state index in [1.54, 1.807) is 12.1 Å². The van der Waals surface area contributed by atoms with Crippen molar-refractivity contribution in [2.45, 2.75) is 62.0 Å². The Hall–Kier alpha value is -4.75. The average molecular weight is 633 g/mol. The third kappa shape index (κ3) is 6.46. The van der Waals surface area contributed by atoms with Crippen LogP contribution in [-0.2, 0) is 16.2 Å². The molecule has 1 aliphatic rings. The fourth-order valence-corrected chi connectivity index (χ4v) is 6.05. The predicted octanol–water partition coefficient (Wildman–Crippen LogP) is 8.57. The van der Waals surface area contributed by atoms with Gasteiger partial charge in [0.2, 0.25) is 0 Å². The van der Waals surface area contributed by atoms with Crippen molar-refractivity contribution in [3.63, 3.8) is 0 Å². The van der Waals surface area contributed by atoms with Crippen LogP contribution < -0.4 is 19.3 Å². The van der Waals surface area contributed by atoms with Gasteiger partial charge in [-0.05, 0) is 155 Å². The molecular formula is C39H40N2O4S. The van der Waals surface area contributed by atoms with Crippen molar-refractivity contribution in [2.24, 2.45) is 0 Å². The molecule has 4 aromatic rings. The van der Waals surface area contributed by atoms with E-state index in [0.29, 0.717) is 41.7 Å². The Bertz CT molecular complexity index is 1810. The topological polar surface area (TPSA) is 59.1 Å². The van der Waals surface area contributed by atoms with Crippen molar-refractivity contribution in [3.8, 4) is 11.5 Å². The maximum absolute atomic E-state index is 14.1. The van der Waals surface area contributed by atoms with Crippen molar-refractivity contribution in [1.82, 2.24) is 0 Å². The lowest BCUT2D eigenvalue weighted by molar-refractivity contribution is -0.120. The zero-order valence-electron chi connectivity index (χ0n) is 27.8. The molecule has 0 atom stereocenters. The zero-order chi connectivity index (χ0) is 33.3. The normalized spacial score (nSPS) is 13.4. The number of amides is 2. The molecule has 1 aliphatic heterocycles. The molecule has 1 saturated heterocycles. The minimum atomic E-state index is -0.484. The molecule has 0 radical (unpaired) electrons. The fraction of sp³-hybridized carbons (Fsp3) is 0.256. The van der Waals surface area contributed by atoms with Crippen molar-refractivity contribution >= 4 is 46.6 Å². The van der Waals surface area contributed by atoms with E-state index in [9.17, 15) is 9.59 Å². The molecule has 0 aromatic heterocycles. The summed E-state index contributed by atoms with van der Waals surface area (Å²) in [5.74, 6) is 0.144. The number of rotatable bonds is 8. The third-order valence-corrected chi connectivity index (χ3v) is 8.90. The number of hydrogen-bond donors (Lipinski definition) is 0. The highest BCUT2D eigenvalue weighted by atomic mass is 32.1. The summed E-state index contributed by atoms with van der Waals surface area (Å²) in [4.78, 5) is 31.2. The van der Waals surface area contributed by atoms with Gasteiger partial charge >= 0.3 is 0 Å². The summed E-state index contributed by atoms with van der Waals surface area (Å²) in [5.41, 5.74) is 10.7. The Kier molecular flexibility index (Phi) is 9.44. The van der Waals surface area contributed by atoms with Gasteiger partial charge in [0.15, 0.2) is 16.6 Å². The van der Waals surface area contributed by atoms with Crippen LogP contribution in [0.15, 0.2) is 72.3 Å². The van der Waals surface area contributed by atoms with Crippen LogP contribution in [0.25, 0.3) is 6.08 Å². The van der Waals surface area contributed by atoms with E-state index >= 15 is 0 Å². The zero-order valence-corrected chi connectivity index (χ0v) is 28.6. The summed E-state index contributed by atoms with van der Waals surface area (Å²) in [6.45, 7) is 17.0. The van der Waals surface area contributed by atoms with Gasteiger partial charge < -0.3 is 9.47 Å². The van der Waals surface area contributed by atoms with Crippen LogP contribution in [-0.4, -0.2) is 23.5 Å². The third-order valence-electron chi connectivity index (χ3n) is 8.54. The second-order valence-corrected chi connectivity index (χ2v) is 12.3. The van der Waals surface area contributed by atoms with E-state index in [4.69, 9.17) is 21.7 Å². The molecule has 46 heavy (non-hydrogen) atoms. The lowest BCUT2D eigenvalue weighted by Crippen LogP contribution is -2.57. The van der Waals surface area contributed by atoms with Crippen LogP contribution in [0.1, 0.15) is 57.0 Å². The molecule has 0 unspecified atom stereocenters. The molecule has 0 spiro atoms. The number of benzene rings is 4. The molecule has 6 nitrogen and oxygen atoms in total. The second-order valence-electron chi connectivity index (χ2n) is 12.0. The first-order valence-electron chi connectivity index (χ1n) is 15.4. The van der Waals surface area contributed by atoms with Gasteiger partial charge in [0.05, 0.1) is 18.0 Å². The first kappa shape index (κ1) is 32.6. The average Bonchev–Trinajstić information content (AvgIpc) is 2.99. The highest BCUT2D eigenvalue weighted by Crippen LogP contribution is 2.34. The molecule has 5 rings (SSSR count). The van der Waals surface area contributed by atoms with Gasteiger partial charge in [-0.3, -0.25) is 19.4 Å². The monoisotopic (exact) mass is 632 g/mol. The van der Waals surface area contributed by atoms with E-state index in [1.165, 1.54) is 26.5 Å². The summed E-state index contributed by atoms with van der Waals surface area (Å²) in [6, 6.07) is 21.2. The Balaban J connectivity index is 1.56. The van der Waals surface area contributed by atoms with Crippen LogP contribution in [0.4, 0.5) is 11.4 Å². The second kappa shape index (κ2) is 13.3. The molecule has 0 bridgehead atoms. The highest BCUT2D eigenvalue weighted by molar-refractivity contribution is 7.81. The summed E-state index contributed by atoms with van der Waals surface area (Å²) in [6.07, 6.45) is 1.61. The molecule has 1 fully saturated rings. The molecule has 1 heterocycles. The molecule has 4 aromatic carbocycles. The van der Waals surface area contributed by atoms with Gasteiger partial charge in [-0.1, -0.05) is 35.9 Å². The predicted molar refractivity (Wildman–Crippen MR) is 190 cm³/mol. The number of hydrogen-bond acceptors (Lipinski definition) is 5. The molecule has 0 N–H and O–H groups in total. The van der Waals surface area contributed by atoms with Crippen molar-refractivity contribution in [2.75, 3.05) is 16.4 Å². The van der Waals surface area contributed by atoms with E-state index in [-0.39, 0.29) is 10.7 Å². The number of anilines is 2. The summed E-state index contributed by atoms with van der Waals surface area (Å²) in [7, 11) is 0. The summed E-state index contributed by atoms with van der Waals surface area (Å²) >= 11 is 5.85. The Morgan fingerprint density at radius 3 is 1.67 bits per heavy atom. The first-order chi connectivity index (χ1) is 21.9. The number of aryl methyl sites for hydroxylation is 7. The van der Waals surface area contributed by atoms with Crippen LogP contribution in [0.3, 0.4) is 0 Å². The van der Waals surface area contributed by atoms with Crippen LogP contribution in [0, 0.1) is 48.5 Å². The SMILES string of the molecule is CCOc1cc(C=C2C(=O)N(c3ccc(C)c(C)c3)C(=S)N(c3ccc(C)c(C)c3)C2=O)ccc1OCc1c(C)cc(C)cc1C. The van der Waals surface area contributed by atoms with Gasteiger partial charge in [0.1, 0.15) is 12.2 Å². The molecule has 236 valence electrons. The lowest BCUT2D eigenvalue weighted by atomic mass is 10.0. The lowest BCUT2D eigenvalue weighted by Gasteiger charge is -2.37. The van der Waals surface area contributed by atoms with E-state index in [0.717, 1.165) is 27.8 Å². The molecular weight excluding hydrogens is 593 g/mol. The Morgan fingerprint density at radius 1 is 0.630 bits per heavy atom. The van der Waals surface area contributed by atoms with Gasteiger partial charge in [-0.15, -0.1) is 0 Å². The Labute approximate surface area is 277 Å². The van der Waals surface area contributed by atoms with Crippen LogP contribution in [0.5, 0.6) is 11.5 Å². The maximum Gasteiger partial charge on any atom is 0.270 e. The van der Waals surface area contributed by atoms with Gasteiger partial charge in [-0.2, -0.15) is 0 Å². The van der Waals surface area contributed by atoms with Crippen LogP contribution in [0.2, 0.25) is 0 Å². The summed E-state index contributed by atoms with van der Waals surface area (Å²) < 4.78 is 12.2. The van der Waals surface area contributed by atoms with E-state index in [2.05, 4.69) is 32.9 Å². The minimum absolute atomic E-state index is 0.00734. The maximum atomic E-state index is 14.1. The summed E-state index contributed by atoms with van der Waals surface area (Å²) in [5, 5.41) is 0.110. The Morgan fingerprint density at radius 2 is 1.17 bits per heavy atom. The number of carbonyl (C=O) groups is 2. The van der Waals surface area contributed by atoms with E-state index < -0.39 is 11.8 Å². The van der Waals surface area contributed by atoms with Crippen molar-refractivity contribution in [1.29, 1.82) is 0 Å². The van der Waals surface area contributed by atoms with Crippen LogP contribution >= 0.6 is 12.2 Å². The number of nitrogens with zero attached hydrogens (tertiary/aromatic N) is 2. The molecule has 0 aliphatic carbocycles. The van der Waals surface area contributed by atoms with E-state index in [1.807, 2.05) is 83.1 Å². The van der Waals surface area contributed by atoms with Crippen molar-refractivity contribution in [3.05, 3.63) is 122 Å². The standard InChI is InChI=1S/C39H40N2O4S/c1-9-44-36-21-30(12-15-35(36)45-22-34-28(7)16-23(2)17-29(34)8)20-33-37(42)40(31-13-10-24(3)26(5)18-31)39(46)41(38(33)43)32-14-11-25(4)27(6)19-32/h10-21H,9,22H2,1-8H3.